The summed E-state index contributed by atoms with van der Waals surface area (Å²) in [6, 6.07) is 4.82. The quantitative estimate of drug-likeness (QED) is 0.815. The summed E-state index contributed by atoms with van der Waals surface area (Å²) < 4.78 is 0. The third kappa shape index (κ3) is 2.57. The summed E-state index contributed by atoms with van der Waals surface area (Å²) in [5.74, 6) is 0.905. The Morgan fingerprint density at radius 1 is 1.53 bits per heavy atom. The van der Waals surface area contributed by atoms with E-state index in [1.807, 2.05) is 12.3 Å². The maximum atomic E-state index is 4.30. The minimum atomic E-state index is 0.651. The van der Waals surface area contributed by atoms with Crippen LogP contribution in [0.1, 0.15) is 37.4 Å². The summed E-state index contributed by atoms with van der Waals surface area (Å²) in [4.78, 5) is 4.30. The summed E-state index contributed by atoms with van der Waals surface area (Å²) in [6.07, 6.45) is 6.08. The Morgan fingerprint density at radius 3 is 2.93 bits per heavy atom. The van der Waals surface area contributed by atoms with Crippen LogP contribution in [0.3, 0.4) is 0 Å². The molecule has 15 heavy (non-hydrogen) atoms. The predicted octanol–water partition coefficient (Wildman–Crippen LogP) is 2.67. The molecule has 1 unspecified atom stereocenters. The molecule has 2 rings (SSSR count). The SMILES string of the molecule is Cc1ncccc1CNC(C)C1CCC1. The third-order valence-electron chi connectivity index (χ3n) is 3.59. The molecule has 0 saturated heterocycles. The molecule has 82 valence electrons. The molecular weight excluding hydrogens is 184 g/mol. The number of hydrogen-bond donors (Lipinski definition) is 1. The summed E-state index contributed by atoms with van der Waals surface area (Å²) in [5.41, 5.74) is 2.47. The van der Waals surface area contributed by atoms with Gasteiger partial charge in [-0.2, -0.15) is 0 Å². The van der Waals surface area contributed by atoms with Crippen molar-refractivity contribution in [3.8, 4) is 0 Å². The van der Waals surface area contributed by atoms with E-state index in [4.69, 9.17) is 0 Å². The number of aromatic nitrogens is 1. The van der Waals surface area contributed by atoms with Gasteiger partial charge in [-0.1, -0.05) is 12.5 Å². The van der Waals surface area contributed by atoms with Gasteiger partial charge in [0, 0.05) is 24.5 Å². The molecule has 0 spiro atoms. The lowest BCUT2D eigenvalue weighted by Crippen LogP contribution is -2.36. The Balaban J connectivity index is 1.84. The number of nitrogens with one attached hydrogen (secondary N) is 1. The van der Waals surface area contributed by atoms with Crippen LogP contribution in [-0.4, -0.2) is 11.0 Å². The first kappa shape index (κ1) is 10.6. The van der Waals surface area contributed by atoms with E-state index in [0.29, 0.717) is 6.04 Å². The largest absolute Gasteiger partial charge is 0.310 e. The number of aryl methyl sites for hydroxylation is 1. The van der Waals surface area contributed by atoms with Gasteiger partial charge in [0.15, 0.2) is 0 Å². The number of rotatable bonds is 4. The highest BCUT2D eigenvalue weighted by atomic mass is 14.9. The van der Waals surface area contributed by atoms with Crippen molar-refractivity contribution in [3.05, 3.63) is 29.6 Å². The van der Waals surface area contributed by atoms with Crippen molar-refractivity contribution in [1.29, 1.82) is 0 Å². The van der Waals surface area contributed by atoms with E-state index in [-0.39, 0.29) is 0 Å². The number of pyridine rings is 1. The second-order valence-electron chi connectivity index (χ2n) is 4.61. The second-order valence-corrected chi connectivity index (χ2v) is 4.61. The van der Waals surface area contributed by atoms with Crippen LogP contribution in [0.25, 0.3) is 0 Å². The first-order valence-corrected chi connectivity index (χ1v) is 5.91. The van der Waals surface area contributed by atoms with Crippen LogP contribution in [0, 0.1) is 12.8 Å². The monoisotopic (exact) mass is 204 g/mol. The van der Waals surface area contributed by atoms with Gasteiger partial charge in [0.2, 0.25) is 0 Å². The Bertz CT molecular complexity index is 318. The summed E-state index contributed by atoms with van der Waals surface area (Å²) in [6.45, 7) is 5.33. The highest BCUT2D eigenvalue weighted by Gasteiger charge is 2.23. The van der Waals surface area contributed by atoms with E-state index >= 15 is 0 Å². The number of hydrogen-bond acceptors (Lipinski definition) is 2. The average molecular weight is 204 g/mol. The van der Waals surface area contributed by atoms with Crippen molar-refractivity contribution >= 4 is 0 Å². The maximum absolute atomic E-state index is 4.30. The van der Waals surface area contributed by atoms with Crippen molar-refractivity contribution in [2.75, 3.05) is 0 Å². The van der Waals surface area contributed by atoms with Gasteiger partial charge in [-0.3, -0.25) is 4.98 Å². The minimum absolute atomic E-state index is 0.651. The molecular formula is C13H20N2. The van der Waals surface area contributed by atoms with E-state index in [1.165, 1.54) is 24.8 Å². The van der Waals surface area contributed by atoms with Gasteiger partial charge in [-0.25, -0.2) is 0 Å². The topological polar surface area (TPSA) is 24.9 Å². The van der Waals surface area contributed by atoms with Gasteiger partial charge in [0.25, 0.3) is 0 Å². The predicted molar refractivity (Wildman–Crippen MR) is 62.6 cm³/mol. The molecule has 1 saturated carbocycles. The van der Waals surface area contributed by atoms with E-state index in [1.54, 1.807) is 0 Å². The molecule has 2 nitrogen and oxygen atoms in total. The lowest BCUT2D eigenvalue weighted by Gasteiger charge is -2.32. The first-order chi connectivity index (χ1) is 7.27. The van der Waals surface area contributed by atoms with Crippen molar-refractivity contribution in [2.24, 2.45) is 5.92 Å². The van der Waals surface area contributed by atoms with Crippen LogP contribution in [0.4, 0.5) is 0 Å². The Labute approximate surface area is 92.1 Å². The van der Waals surface area contributed by atoms with Crippen molar-refractivity contribution in [1.82, 2.24) is 10.3 Å². The van der Waals surface area contributed by atoms with Crippen LogP contribution >= 0.6 is 0 Å². The second kappa shape index (κ2) is 4.75. The Hall–Kier alpha value is -0.890. The van der Waals surface area contributed by atoms with Gasteiger partial charge < -0.3 is 5.32 Å². The fourth-order valence-electron chi connectivity index (χ4n) is 2.08. The van der Waals surface area contributed by atoms with Gasteiger partial charge >= 0.3 is 0 Å². The Morgan fingerprint density at radius 2 is 2.33 bits per heavy atom. The smallest absolute Gasteiger partial charge is 0.0417 e. The van der Waals surface area contributed by atoms with E-state index in [0.717, 1.165) is 18.2 Å². The van der Waals surface area contributed by atoms with Crippen LogP contribution < -0.4 is 5.32 Å². The molecule has 1 aromatic heterocycles. The molecule has 1 heterocycles. The van der Waals surface area contributed by atoms with Crippen LogP contribution in [-0.2, 0) is 6.54 Å². The zero-order valence-electron chi connectivity index (χ0n) is 9.66. The third-order valence-corrected chi connectivity index (χ3v) is 3.59. The zero-order chi connectivity index (χ0) is 10.7. The molecule has 1 aliphatic carbocycles. The molecule has 1 aliphatic rings. The molecule has 0 amide bonds. The molecule has 0 aliphatic heterocycles. The summed E-state index contributed by atoms with van der Waals surface area (Å²) >= 11 is 0. The number of nitrogens with zero attached hydrogens (tertiary/aromatic N) is 1. The molecule has 0 bridgehead atoms. The molecule has 1 N–H and O–H groups in total. The van der Waals surface area contributed by atoms with E-state index in [2.05, 4.69) is 30.2 Å². The van der Waals surface area contributed by atoms with Gasteiger partial charge in [0.05, 0.1) is 0 Å². The molecule has 1 fully saturated rings. The first-order valence-electron chi connectivity index (χ1n) is 5.91. The molecule has 0 radical (unpaired) electrons. The molecule has 0 aromatic carbocycles. The minimum Gasteiger partial charge on any atom is -0.310 e. The normalized spacial score (nSPS) is 18.5. The maximum Gasteiger partial charge on any atom is 0.0417 e. The van der Waals surface area contributed by atoms with Crippen molar-refractivity contribution in [3.63, 3.8) is 0 Å². The lowest BCUT2D eigenvalue weighted by atomic mass is 9.80. The highest BCUT2D eigenvalue weighted by molar-refractivity contribution is 5.17. The molecule has 1 aromatic rings. The Kier molecular flexibility index (Phi) is 3.37. The van der Waals surface area contributed by atoms with Gasteiger partial charge in [-0.15, -0.1) is 0 Å². The standard InChI is InChI=1S/C13H20N2/c1-10(12-5-3-6-12)15-9-13-7-4-8-14-11(13)2/h4,7-8,10,12,15H,3,5-6,9H2,1-2H3. The fraction of sp³-hybridized carbons (Fsp3) is 0.615. The highest BCUT2D eigenvalue weighted by Crippen LogP contribution is 2.29. The van der Waals surface area contributed by atoms with E-state index in [9.17, 15) is 0 Å². The molecule has 2 heteroatoms. The lowest BCUT2D eigenvalue weighted by molar-refractivity contribution is 0.240. The van der Waals surface area contributed by atoms with Crippen LogP contribution in [0.5, 0.6) is 0 Å². The fourth-order valence-corrected chi connectivity index (χ4v) is 2.08. The zero-order valence-corrected chi connectivity index (χ0v) is 9.66. The summed E-state index contributed by atoms with van der Waals surface area (Å²) in [7, 11) is 0. The van der Waals surface area contributed by atoms with Crippen LogP contribution in [0.15, 0.2) is 18.3 Å². The van der Waals surface area contributed by atoms with Crippen molar-refractivity contribution < 1.29 is 0 Å². The molecule has 1 atom stereocenters. The van der Waals surface area contributed by atoms with Gasteiger partial charge in [-0.05, 0) is 44.2 Å². The van der Waals surface area contributed by atoms with Gasteiger partial charge in [0.1, 0.15) is 0 Å². The van der Waals surface area contributed by atoms with Crippen LogP contribution in [0.2, 0.25) is 0 Å². The van der Waals surface area contributed by atoms with E-state index < -0.39 is 0 Å². The summed E-state index contributed by atoms with van der Waals surface area (Å²) in [5, 5.41) is 3.60. The van der Waals surface area contributed by atoms with Crippen molar-refractivity contribution in [2.45, 2.75) is 45.7 Å². The average Bonchev–Trinajstić information content (AvgIpc) is 2.14.